The lowest BCUT2D eigenvalue weighted by Crippen LogP contribution is -2.26. The molecule has 0 aromatic heterocycles. The molecule has 0 atom stereocenters. The first kappa shape index (κ1) is 18.4. The van der Waals surface area contributed by atoms with Gasteiger partial charge in [-0.1, -0.05) is 15.9 Å². The van der Waals surface area contributed by atoms with Crippen LogP contribution in [0.2, 0.25) is 0 Å². The highest BCUT2D eigenvalue weighted by Gasteiger charge is 2.19. The number of carbonyl (C=O) groups is 1. The Morgan fingerprint density at radius 2 is 2.00 bits per heavy atom. The van der Waals surface area contributed by atoms with E-state index in [1.165, 1.54) is 6.07 Å². The van der Waals surface area contributed by atoms with Gasteiger partial charge in [-0.15, -0.1) is 0 Å². The number of nitrogens with one attached hydrogen (secondary N) is 2. The largest absolute Gasteiger partial charge is 0.396 e. The zero-order valence-corrected chi connectivity index (χ0v) is 14.6. The molecule has 2 aromatic carbocycles. The van der Waals surface area contributed by atoms with Crippen molar-refractivity contribution in [1.82, 2.24) is 5.32 Å². The molecule has 24 heavy (non-hydrogen) atoms. The van der Waals surface area contributed by atoms with Gasteiger partial charge in [0.2, 0.25) is 0 Å². The molecule has 0 aliphatic heterocycles. The van der Waals surface area contributed by atoms with Gasteiger partial charge in [-0.25, -0.2) is 8.78 Å². The van der Waals surface area contributed by atoms with Gasteiger partial charge < -0.3 is 15.7 Å². The monoisotopic (exact) mass is 398 g/mol. The summed E-state index contributed by atoms with van der Waals surface area (Å²) in [4.78, 5) is 12.2. The molecule has 128 valence electrons. The Kier molecular flexibility index (Phi) is 6.28. The average Bonchev–Trinajstić information content (AvgIpc) is 2.54. The Morgan fingerprint density at radius 3 is 2.67 bits per heavy atom. The predicted octanol–water partition coefficient (Wildman–Crippen LogP) is 3.89. The third kappa shape index (κ3) is 4.30. The first-order valence-electron chi connectivity index (χ1n) is 7.34. The van der Waals surface area contributed by atoms with Crippen LogP contribution in [0.3, 0.4) is 0 Å². The van der Waals surface area contributed by atoms with Crippen molar-refractivity contribution < 1.29 is 18.7 Å². The smallest absolute Gasteiger partial charge is 0.253 e. The first-order chi connectivity index (χ1) is 11.4. The van der Waals surface area contributed by atoms with Crippen LogP contribution in [-0.2, 0) is 0 Å². The van der Waals surface area contributed by atoms with Gasteiger partial charge in [0.15, 0.2) is 11.6 Å². The second kappa shape index (κ2) is 8.21. The highest BCUT2D eigenvalue weighted by molar-refractivity contribution is 9.10. The third-order valence-electron chi connectivity index (χ3n) is 3.41. The van der Waals surface area contributed by atoms with Gasteiger partial charge in [-0.05, 0) is 49.2 Å². The summed E-state index contributed by atoms with van der Waals surface area (Å²) in [6, 6.07) is 7.42. The molecule has 0 saturated heterocycles. The van der Waals surface area contributed by atoms with Crippen molar-refractivity contribution in [3.05, 3.63) is 57.6 Å². The normalized spacial score (nSPS) is 10.5. The zero-order chi connectivity index (χ0) is 17.7. The van der Waals surface area contributed by atoms with Crippen molar-refractivity contribution >= 4 is 33.2 Å². The second-order valence-corrected chi connectivity index (χ2v) is 6.12. The topological polar surface area (TPSA) is 61.4 Å². The molecule has 0 aliphatic rings. The van der Waals surface area contributed by atoms with Crippen LogP contribution in [-0.4, -0.2) is 24.2 Å². The molecule has 3 N–H and O–H groups in total. The minimum absolute atomic E-state index is 0.00541. The summed E-state index contributed by atoms with van der Waals surface area (Å²) in [6.45, 7) is 1.98. The van der Waals surface area contributed by atoms with Gasteiger partial charge in [-0.2, -0.15) is 0 Å². The molecule has 2 rings (SSSR count). The van der Waals surface area contributed by atoms with E-state index < -0.39 is 17.5 Å². The Hall–Kier alpha value is -1.99. The fourth-order valence-electron chi connectivity index (χ4n) is 2.14. The van der Waals surface area contributed by atoms with Crippen molar-refractivity contribution in [3.63, 3.8) is 0 Å². The lowest BCUT2D eigenvalue weighted by Gasteiger charge is -2.15. The van der Waals surface area contributed by atoms with E-state index in [-0.39, 0.29) is 24.4 Å². The minimum Gasteiger partial charge on any atom is -0.396 e. The number of aliphatic hydroxyl groups is 1. The van der Waals surface area contributed by atoms with E-state index in [4.69, 9.17) is 5.11 Å². The maximum absolute atomic E-state index is 14.2. The Morgan fingerprint density at radius 1 is 1.25 bits per heavy atom. The molecule has 0 saturated carbocycles. The SMILES string of the molecule is Cc1cc(Br)ccc1Nc1c(C(=O)NCCCO)ccc(F)c1F. The number of amides is 1. The fraction of sp³-hybridized carbons (Fsp3) is 0.235. The molecule has 0 aliphatic carbocycles. The second-order valence-electron chi connectivity index (χ2n) is 5.20. The van der Waals surface area contributed by atoms with E-state index in [0.29, 0.717) is 12.1 Å². The van der Waals surface area contributed by atoms with E-state index >= 15 is 0 Å². The molecule has 0 unspecified atom stereocenters. The molecular weight excluding hydrogens is 382 g/mol. The number of aryl methyl sites for hydroxylation is 1. The van der Waals surface area contributed by atoms with Gasteiger partial charge in [-0.3, -0.25) is 4.79 Å². The molecule has 0 fully saturated rings. The van der Waals surface area contributed by atoms with Crippen LogP contribution in [0.25, 0.3) is 0 Å². The van der Waals surface area contributed by atoms with Gasteiger partial charge in [0, 0.05) is 23.3 Å². The average molecular weight is 399 g/mol. The summed E-state index contributed by atoms with van der Waals surface area (Å²) in [5.41, 5.74) is 1.14. The highest BCUT2D eigenvalue weighted by atomic mass is 79.9. The number of hydrogen-bond donors (Lipinski definition) is 3. The van der Waals surface area contributed by atoms with E-state index in [0.717, 1.165) is 16.1 Å². The van der Waals surface area contributed by atoms with Crippen LogP contribution >= 0.6 is 15.9 Å². The number of halogens is 3. The fourth-order valence-corrected chi connectivity index (χ4v) is 2.62. The summed E-state index contributed by atoms with van der Waals surface area (Å²) < 4.78 is 28.7. The van der Waals surface area contributed by atoms with Crippen molar-refractivity contribution in [2.24, 2.45) is 0 Å². The summed E-state index contributed by atoms with van der Waals surface area (Å²) in [6.07, 6.45) is 0.379. The summed E-state index contributed by atoms with van der Waals surface area (Å²) in [7, 11) is 0. The number of anilines is 2. The van der Waals surface area contributed by atoms with Crippen LogP contribution in [0.1, 0.15) is 22.3 Å². The zero-order valence-electron chi connectivity index (χ0n) is 13.0. The third-order valence-corrected chi connectivity index (χ3v) is 3.90. The van der Waals surface area contributed by atoms with Crippen molar-refractivity contribution in [2.45, 2.75) is 13.3 Å². The lowest BCUT2D eigenvalue weighted by atomic mass is 10.1. The molecule has 0 spiro atoms. The standard InChI is InChI=1S/C17H17BrF2N2O2/c1-10-9-11(18)3-6-14(10)22-16-12(4-5-13(19)15(16)20)17(24)21-7-2-8-23/h3-6,9,22-23H,2,7-8H2,1H3,(H,21,24). The van der Waals surface area contributed by atoms with Crippen molar-refractivity contribution in [1.29, 1.82) is 0 Å². The van der Waals surface area contributed by atoms with Crippen LogP contribution in [0.5, 0.6) is 0 Å². The lowest BCUT2D eigenvalue weighted by molar-refractivity contribution is 0.0951. The maximum Gasteiger partial charge on any atom is 0.253 e. The summed E-state index contributed by atoms with van der Waals surface area (Å²) in [5.74, 6) is -2.70. The minimum atomic E-state index is -1.12. The van der Waals surface area contributed by atoms with E-state index in [1.807, 2.05) is 13.0 Å². The Balaban J connectivity index is 2.36. The number of aliphatic hydroxyl groups excluding tert-OH is 1. The van der Waals surface area contributed by atoms with Crippen LogP contribution in [0.4, 0.5) is 20.2 Å². The first-order valence-corrected chi connectivity index (χ1v) is 8.13. The van der Waals surface area contributed by atoms with Gasteiger partial charge in [0.25, 0.3) is 5.91 Å². The van der Waals surface area contributed by atoms with Gasteiger partial charge in [0.05, 0.1) is 11.3 Å². The molecule has 2 aromatic rings. The molecule has 4 nitrogen and oxygen atoms in total. The summed E-state index contributed by atoms with van der Waals surface area (Å²) in [5, 5.41) is 14.1. The molecule has 1 amide bonds. The van der Waals surface area contributed by atoms with E-state index in [1.54, 1.807) is 12.1 Å². The highest BCUT2D eigenvalue weighted by Crippen LogP contribution is 2.29. The molecule has 0 radical (unpaired) electrons. The number of hydrogen-bond acceptors (Lipinski definition) is 3. The van der Waals surface area contributed by atoms with E-state index in [2.05, 4.69) is 26.6 Å². The number of rotatable bonds is 6. The molecule has 0 bridgehead atoms. The summed E-state index contributed by atoms with van der Waals surface area (Å²) >= 11 is 3.33. The van der Waals surface area contributed by atoms with Gasteiger partial charge >= 0.3 is 0 Å². The quantitative estimate of drug-likeness (QED) is 0.646. The Labute approximate surface area is 147 Å². The number of carbonyl (C=O) groups excluding carboxylic acids is 1. The maximum atomic E-state index is 14.2. The van der Waals surface area contributed by atoms with Crippen LogP contribution in [0, 0.1) is 18.6 Å². The van der Waals surface area contributed by atoms with Crippen LogP contribution in [0.15, 0.2) is 34.8 Å². The molecule has 7 heteroatoms. The van der Waals surface area contributed by atoms with Crippen molar-refractivity contribution in [3.8, 4) is 0 Å². The van der Waals surface area contributed by atoms with E-state index in [9.17, 15) is 13.6 Å². The van der Waals surface area contributed by atoms with Crippen LogP contribution < -0.4 is 10.6 Å². The number of benzene rings is 2. The Bertz CT molecular complexity index is 754. The predicted molar refractivity (Wildman–Crippen MR) is 92.6 cm³/mol. The molecule has 0 heterocycles. The van der Waals surface area contributed by atoms with Gasteiger partial charge in [0.1, 0.15) is 0 Å². The van der Waals surface area contributed by atoms with Crippen molar-refractivity contribution in [2.75, 3.05) is 18.5 Å². The molecular formula is C17H17BrF2N2O2.